The molecule has 1 saturated carbocycles. The van der Waals surface area contributed by atoms with Gasteiger partial charge in [-0.3, -0.25) is 4.79 Å². The molecular formula is C27H26N2O4S. The van der Waals surface area contributed by atoms with E-state index in [0.29, 0.717) is 30.7 Å². The van der Waals surface area contributed by atoms with Gasteiger partial charge in [-0.1, -0.05) is 35.9 Å². The molecule has 174 valence electrons. The number of carbonyl (C=O) groups is 2. The van der Waals surface area contributed by atoms with Crippen molar-refractivity contribution in [3.8, 4) is 21.9 Å². The fraction of sp³-hybridized carbons (Fsp3) is 0.333. The lowest BCUT2D eigenvalue weighted by molar-refractivity contribution is 0.0705. The molecule has 1 N–H and O–H groups in total. The predicted molar refractivity (Wildman–Crippen MR) is 131 cm³/mol. The van der Waals surface area contributed by atoms with Crippen molar-refractivity contribution in [3.05, 3.63) is 70.6 Å². The SMILES string of the molecule is Cc1cccc(-c2sccc2C(=O)N2C[C@@H]3C[C@@H]3[C@H]2CNC(=O)Oc2cccc3c2CCO3)c1. The number of likely N-dealkylation sites (tertiary alicyclic amines) is 1. The van der Waals surface area contributed by atoms with Crippen LogP contribution in [0.15, 0.2) is 53.9 Å². The summed E-state index contributed by atoms with van der Waals surface area (Å²) in [5.74, 6) is 2.33. The van der Waals surface area contributed by atoms with Gasteiger partial charge in [0.25, 0.3) is 5.91 Å². The van der Waals surface area contributed by atoms with Crippen molar-refractivity contribution in [2.24, 2.45) is 11.8 Å². The second-order valence-corrected chi connectivity index (χ2v) is 10.2. The quantitative estimate of drug-likeness (QED) is 0.571. The molecule has 0 unspecified atom stereocenters. The molecular weight excluding hydrogens is 448 g/mol. The van der Waals surface area contributed by atoms with Gasteiger partial charge in [0.2, 0.25) is 0 Å². The van der Waals surface area contributed by atoms with Crippen molar-refractivity contribution in [1.29, 1.82) is 0 Å². The number of amides is 2. The van der Waals surface area contributed by atoms with Gasteiger partial charge < -0.3 is 19.7 Å². The molecule has 1 saturated heterocycles. The Kier molecular flexibility index (Phi) is 5.29. The van der Waals surface area contributed by atoms with E-state index in [1.807, 2.05) is 34.5 Å². The summed E-state index contributed by atoms with van der Waals surface area (Å²) in [4.78, 5) is 29.1. The van der Waals surface area contributed by atoms with E-state index in [-0.39, 0.29) is 11.9 Å². The van der Waals surface area contributed by atoms with Gasteiger partial charge in [0.1, 0.15) is 11.5 Å². The van der Waals surface area contributed by atoms with Crippen molar-refractivity contribution in [3.63, 3.8) is 0 Å². The number of piperidine rings is 1. The third-order valence-electron chi connectivity index (χ3n) is 7.10. The number of rotatable bonds is 5. The van der Waals surface area contributed by atoms with E-state index in [1.165, 1.54) is 5.56 Å². The highest BCUT2D eigenvalue weighted by atomic mass is 32.1. The molecule has 0 bridgehead atoms. The van der Waals surface area contributed by atoms with Crippen LogP contribution in [0.3, 0.4) is 0 Å². The summed E-state index contributed by atoms with van der Waals surface area (Å²) < 4.78 is 11.1. The molecule has 3 aromatic rings. The number of fused-ring (bicyclic) bond motifs is 2. The molecule has 2 aromatic carbocycles. The van der Waals surface area contributed by atoms with Crippen LogP contribution in [0.1, 0.15) is 27.9 Å². The molecule has 0 spiro atoms. The van der Waals surface area contributed by atoms with Gasteiger partial charge in [-0.25, -0.2) is 4.79 Å². The maximum Gasteiger partial charge on any atom is 0.412 e. The first-order valence-electron chi connectivity index (χ1n) is 11.7. The van der Waals surface area contributed by atoms with E-state index >= 15 is 0 Å². The van der Waals surface area contributed by atoms with Crippen LogP contribution in [0.2, 0.25) is 0 Å². The summed E-state index contributed by atoms with van der Waals surface area (Å²) in [6.07, 6.45) is 1.35. The van der Waals surface area contributed by atoms with Crippen LogP contribution >= 0.6 is 11.3 Å². The highest BCUT2D eigenvalue weighted by Crippen LogP contribution is 2.50. The van der Waals surface area contributed by atoms with E-state index < -0.39 is 6.09 Å². The molecule has 2 fully saturated rings. The van der Waals surface area contributed by atoms with Gasteiger partial charge in [0, 0.05) is 30.0 Å². The third kappa shape index (κ3) is 3.84. The van der Waals surface area contributed by atoms with Gasteiger partial charge in [-0.15, -0.1) is 11.3 Å². The predicted octanol–water partition coefficient (Wildman–Crippen LogP) is 4.91. The van der Waals surface area contributed by atoms with Crippen molar-refractivity contribution < 1.29 is 19.1 Å². The lowest BCUT2D eigenvalue weighted by Gasteiger charge is -2.28. The number of carbonyl (C=O) groups excluding carboxylic acids is 2. The van der Waals surface area contributed by atoms with E-state index in [0.717, 1.165) is 46.7 Å². The summed E-state index contributed by atoms with van der Waals surface area (Å²) >= 11 is 1.59. The summed E-state index contributed by atoms with van der Waals surface area (Å²) in [5, 5.41) is 4.89. The summed E-state index contributed by atoms with van der Waals surface area (Å²) in [6, 6.07) is 15.7. The molecule has 6 nitrogen and oxygen atoms in total. The van der Waals surface area contributed by atoms with Crippen molar-refractivity contribution >= 4 is 23.3 Å². The van der Waals surface area contributed by atoms with Crippen LogP contribution in [0.4, 0.5) is 4.79 Å². The minimum atomic E-state index is -0.493. The number of nitrogens with one attached hydrogen (secondary N) is 1. The van der Waals surface area contributed by atoms with E-state index in [2.05, 4.69) is 30.4 Å². The Morgan fingerprint density at radius 1 is 1.21 bits per heavy atom. The average molecular weight is 475 g/mol. The smallest absolute Gasteiger partial charge is 0.412 e. The molecule has 6 rings (SSSR count). The zero-order valence-corrected chi connectivity index (χ0v) is 19.8. The number of hydrogen-bond donors (Lipinski definition) is 1. The lowest BCUT2D eigenvalue weighted by Crippen LogP contribution is -2.46. The number of thiophene rings is 1. The Morgan fingerprint density at radius 2 is 2.09 bits per heavy atom. The summed E-state index contributed by atoms with van der Waals surface area (Å²) in [7, 11) is 0. The third-order valence-corrected chi connectivity index (χ3v) is 8.06. The monoisotopic (exact) mass is 474 g/mol. The van der Waals surface area contributed by atoms with Crippen LogP contribution in [0, 0.1) is 18.8 Å². The average Bonchev–Trinajstić information content (AvgIpc) is 3.22. The summed E-state index contributed by atoms with van der Waals surface area (Å²) in [5.41, 5.74) is 3.91. The molecule has 1 aromatic heterocycles. The van der Waals surface area contributed by atoms with Gasteiger partial charge >= 0.3 is 6.09 Å². The Labute approximate surface area is 202 Å². The number of hydrogen-bond acceptors (Lipinski definition) is 5. The van der Waals surface area contributed by atoms with E-state index in [9.17, 15) is 9.59 Å². The van der Waals surface area contributed by atoms with Crippen LogP contribution in [-0.4, -0.2) is 42.6 Å². The molecule has 3 heterocycles. The Hall–Kier alpha value is -3.32. The largest absolute Gasteiger partial charge is 0.493 e. The summed E-state index contributed by atoms with van der Waals surface area (Å²) in [6.45, 7) is 3.80. The van der Waals surface area contributed by atoms with Crippen LogP contribution in [-0.2, 0) is 6.42 Å². The fourth-order valence-corrected chi connectivity index (χ4v) is 6.20. The Balaban J connectivity index is 1.15. The first-order valence-corrected chi connectivity index (χ1v) is 12.6. The molecule has 7 heteroatoms. The van der Waals surface area contributed by atoms with Gasteiger partial charge in [-0.05, 0) is 54.3 Å². The second kappa shape index (κ2) is 8.47. The number of aryl methyl sites for hydroxylation is 1. The van der Waals surface area contributed by atoms with Gasteiger partial charge in [0.05, 0.1) is 18.2 Å². The Bertz CT molecular complexity index is 1270. The molecule has 3 aliphatic rings. The van der Waals surface area contributed by atoms with Crippen LogP contribution in [0.25, 0.3) is 10.4 Å². The molecule has 2 amide bonds. The van der Waals surface area contributed by atoms with Gasteiger partial charge in [0.15, 0.2) is 0 Å². The number of benzene rings is 2. The van der Waals surface area contributed by atoms with Crippen molar-refractivity contribution in [2.45, 2.75) is 25.8 Å². The van der Waals surface area contributed by atoms with E-state index in [1.54, 1.807) is 17.4 Å². The maximum absolute atomic E-state index is 13.6. The topological polar surface area (TPSA) is 67.9 Å². The van der Waals surface area contributed by atoms with Crippen molar-refractivity contribution in [2.75, 3.05) is 19.7 Å². The number of ether oxygens (including phenoxy) is 2. The molecule has 1 aliphatic carbocycles. The lowest BCUT2D eigenvalue weighted by atomic mass is 10.1. The zero-order chi connectivity index (χ0) is 23.2. The van der Waals surface area contributed by atoms with Crippen molar-refractivity contribution in [1.82, 2.24) is 10.2 Å². The first kappa shape index (κ1) is 21.2. The first-order chi connectivity index (χ1) is 16.6. The number of nitrogens with zero attached hydrogens (tertiary/aromatic N) is 1. The molecule has 34 heavy (non-hydrogen) atoms. The molecule has 0 radical (unpaired) electrons. The standard InChI is InChI=1S/C27H26N2O4S/c1-16-4-2-5-17(12-16)25-20(9-11-34-25)26(30)29-15-18-13-21(18)22(29)14-28-27(31)33-24-7-3-6-23-19(24)8-10-32-23/h2-7,9,11-12,18,21-22H,8,10,13-15H2,1H3,(H,28,31)/t18-,21-,22+/m0/s1. The Morgan fingerprint density at radius 3 is 2.97 bits per heavy atom. The van der Waals surface area contributed by atoms with E-state index in [4.69, 9.17) is 9.47 Å². The normalized spacial score (nSPS) is 22.0. The van der Waals surface area contributed by atoms with Crippen LogP contribution < -0.4 is 14.8 Å². The second-order valence-electron chi connectivity index (χ2n) is 9.32. The zero-order valence-electron chi connectivity index (χ0n) is 19.0. The minimum Gasteiger partial charge on any atom is -0.493 e. The molecule has 3 atom stereocenters. The minimum absolute atomic E-state index is 0.0138. The highest BCUT2D eigenvalue weighted by Gasteiger charge is 2.54. The fourth-order valence-electron chi connectivity index (χ4n) is 5.32. The van der Waals surface area contributed by atoms with Crippen LogP contribution in [0.5, 0.6) is 11.5 Å². The highest BCUT2D eigenvalue weighted by molar-refractivity contribution is 7.14. The van der Waals surface area contributed by atoms with Gasteiger partial charge in [-0.2, -0.15) is 0 Å². The maximum atomic E-state index is 13.6. The molecule has 2 aliphatic heterocycles.